The Kier molecular flexibility index (Phi) is 5.56. The van der Waals surface area contributed by atoms with Crippen LogP contribution in [0.1, 0.15) is 76.0 Å². The maximum Gasteiger partial charge on any atom is 0.357 e. The molecule has 0 amide bonds. The Labute approximate surface area is 118 Å². The third kappa shape index (κ3) is 4.05. The molecular formula is C15H24O3S. The second kappa shape index (κ2) is 6.53. The SMILES string of the molecule is CC(C)c1cc(C(C)C)c(OS(=O)O)c(C(C)C)c1. The number of hydrogen-bond donors (Lipinski definition) is 1. The van der Waals surface area contributed by atoms with Crippen LogP contribution in [0.4, 0.5) is 0 Å². The average molecular weight is 284 g/mol. The smallest absolute Gasteiger partial charge is 0.357 e. The van der Waals surface area contributed by atoms with Gasteiger partial charge in [0.2, 0.25) is 0 Å². The standard InChI is InChI=1S/C15H24O3S/c1-9(2)12-7-13(10(3)4)15(18-19(16)17)14(8-12)11(5)6/h7-11H,1-6H3,(H,16,17). The van der Waals surface area contributed by atoms with Crippen molar-refractivity contribution < 1.29 is 12.9 Å². The fraction of sp³-hybridized carbons (Fsp3) is 0.600. The highest BCUT2D eigenvalue weighted by atomic mass is 32.2. The van der Waals surface area contributed by atoms with Crippen LogP contribution in [0.5, 0.6) is 5.75 Å². The lowest BCUT2D eigenvalue weighted by atomic mass is 9.88. The molecule has 1 aromatic carbocycles. The Balaban J connectivity index is 3.50. The van der Waals surface area contributed by atoms with Crippen molar-refractivity contribution in [3.8, 4) is 5.75 Å². The van der Waals surface area contributed by atoms with Gasteiger partial charge in [-0.2, -0.15) is 4.21 Å². The third-order valence-corrected chi connectivity index (χ3v) is 3.54. The van der Waals surface area contributed by atoms with E-state index in [-0.39, 0.29) is 11.8 Å². The first-order valence-corrected chi connectivity index (χ1v) is 7.74. The van der Waals surface area contributed by atoms with Crippen LogP contribution in [0.2, 0.25) is 0 Å². The Bertz CT molecular complexity index is 435. The molecule has 0 saturated heterocycles. The predicted octanol–water partition coefficient (Wildman–Crippen LogP) is 4.57. The van der Waals surface area contributed by atoms with E-state index in [0.29, 0.717) is 11.7 Å². The van der Waals surface area contributed by atoms with Gasteiger partial charge in [-0.1, -0.05) is 53.7 Å². The molecule has 0 aliphatic carbocycles. The summed E-state index contributed by atoms with van der Waals surface area (Å²) in [6.45, 7) is 12.6. The summed E-state index contributed by atoms with van der Waals surface area (Å²) in [7, 11) is 0. The monoisotopic (exact) mass is 284 g/mol. The van der Waals surface area contributed by atoms with Crippen molar-refractivity contribution in [3.05, 3.63) is 28.8 Å². The number of rotatable bonds is 5. The van der Waals surface area contributed by atoms with Gasteiger partial charge < -0.3 is 4.18 Å². The molecule has 1 N–H and O–H groups in total. The molecule has 1 atom stereocenters. The van der Waals surface area contributed by atoms with Crippen molar-refractivity contribution in [1.82, 2.24) is 0 Å². The second-order valence-electron chi connectivity index (χ2n) is 5.79. The zero-order valence-corrected chi connectivity index (χ0v) is 13.4. The summed E-state index contributed by atoms with van der Waals surface area (Å²) in [6.07, 6.45) is 0. The molecule has 0 aromatic heterocycles. The van der Waals surface area contributed by atoms with Crippen LogP contribution in [0.15, 0.2) is 12.1 Å². The number of hydrogen-bond acceptors (Lipinski definition) is 2. The lowest BCUT2D eigenvalue weighted by molar-refractivity contribution is 0.450. The first kappa shape index (κ1) is 16.2. The molecule has 0 aliphatic heterocycles. The molecule has 0 bridgehead atoms. The molecule has 0 aliphatic rings. The summed E-state index contributed by atoms with van der Waals surface area (Å²) in [5.41, 5.74) is 3.23. The topological polar surface area (TPSA) is 46.5 Å². The minimum atomic E-state index is -2.29. The minimum Gasteiger partial charge on any atom is -0.380 e. The van der Waals surface area contributed by atoms with E-state index in [1.807, 2.05) is 0 Å². The fourth-order valence-corrected chi connectivity index (χ4v) is 2.39. The van der Waals surface area contributed by atoms with Crippen LogP contribution in [-0.2, 0) is 11.4 Å². The zero-order chi connectivity index (χ0) is 14.7. The molecule has 0 radical (unpaired) electrons. The first-order chi connectivity index (χ1) is 8.73. The van der Waals surface area contributed by atoms with E-state index < -0.39 is 11.4 Å². The Morgan fingerprint density at radius 3 is 1.63 bits per heavy atom. The molecule has 4 heteroatoms. The second-order valence-corrected chi connectivity index (χ2v) is 6.39. The molecule has 0 fully saturated rings. The van der Waals surface area contributed by atoms with Crippen LogP contribution in [0.25, 0.3) is 0 Å². The average Bonchev–Trinajstić information content (AvgIpc) is 2.27. The molecule has 108 valence electrons. The molecule has 1 rings (SSSR count). The van der Waals surface area contributed by atoms with Gasteiger partial charge in [0, 0.05) is 0 Å². The van der Waals surface area contributed by atoms with Gasteiger partial charge >= 0.3 is 11.4 Å². The third-order valence-electron chi connectivity index (χ3n) is 3.23. The van der Waals surface area contributed by atoms with Gasteiger partial charge in [-0.25, -0.2) is 0 Å². The summed E-state index contributed by atoms with van der Waals surface area (Å²) in [5, 5.41) is 0. The van der Waals surface area contributed by atoms with E-state index in [1.165, 1.54) is 5.56 Å². The Hall–Kier alpha value is -0.870. The minimum absolute atomic E-state index is 0.245. The molecule has 3 nitrogen and oxygen atoms in total. The van der Waals surface area contributed by atoms with Crippen molar-refractivity contribution in [2.45, 2.75) is 59.3 Å². The first-order valence-electron chi connectivity index (χ1n) is 6.70. The molecule has 1 unspecified atom stereocenters. The van der Waals surface area contributed by atoms with Gasteiger partial charge in [0.05, 0.1) is 0 Å². The summed E-state index contributed by atoms with van der Waals surface area (Å²) in [6, 6.07) is 4.17. The molecule has 19 heavy (non-hydrogen) atoms. The van der Waals surface area contributed by atoms with Crippen LogP contribution in [-0.4, -0.2) is 8.76 Å². The van der Waals surface area contributed by atoms with E-state index in [9.17, 15) is 4.21 Å². The van der Waals surface area contributed by atoms with Crippen LogP contribution in [0.3, 0.4) is 0 Å². The van der Waals surface area contributed by atoms with Crippen LogP contribution < -0.4 is 4.18 Å². The van der Waals surface area contributed by atoms with Gasteiger partial charge in [0.15, 0.2) is 0 Å². The van der Waals surface area contributed by atoms with E-state index in [0.717, 1.165) is 11.1 Å². The van der Waals surface area contributed by atoms with Crippen molar-refractivity contribution in [2.24, 2.45) is 0 Å². The quantitative estimate of drug-likeness (QED) is 0.805. The van der Waals surface area contributed by atoms with Crippen LogP contribution >= 0.6 is 0 Å². The lowest BCUT2D eigenvalue weighted by Gasteiger charge is -2.21. The van der Waals surface area contributed by atoms with Crippen molar-refractivity contribution in [1.29, 1.82) is 0 Å². The zero-order valence-electron chi connectivity index (χ0n) is 12.6. The lowest BCUT2D eigenvalue weighted by Crippen LogP contribution is -2.07. The van der Waals surface area contributed by atoms with Crippen molar-refractivity contribution in [3.63, 3.8) is 0 Å². The largest absolute Gasteiger partial charge is 0.380 e. The summed E-state index contributed by atoms with van der Waals surface area (Å²) in [5.74, 6) is 1.48. The summed E-state index contributed by atoms with van der Waals surface area (Å²) < 4.78 is 25.2. The summed E-state index contributed by atoms with van der Waals surface area (Å²) in [4.78, 5) is 0. The van der Waals surface area contributed by atoms with E-state index in [1.54, 1.807) is 0 Å². The van der Waals surface area contributed by atoms with Gasteiger partial charge in [-0.15, -0.1) is 0 Å². The van der Waals surface area contributed by atoms with Crippen molar-refractivity contribution >= 4 is 11.4 Å². The van der Waals surface area contributed by atoms with Crippen molar-refractivity contribution in [2.75, 3.05) is 0 Å². The molecule has 0 spiro atoms. The van der Waals surface area contributed by atoms with E-state index >= 15 is 0 Å². The van der Waals surface area contributed by atoms with E-state index in [4.69, 9.17) is 8.74 Å². The molecule has 0 heterocycles. The predicted molar refractivity (Wildman–Crippen MR) is 80.1 cm³/mol. The van der Waals surface area contributed by atoms with E-state index in [2.05, 4.69) is 53.7 Å². The highest BCUT2D eigenvalue weighted by molar-refractivity contribution is 7.74. The number of benzene rings is 1. The Morgan fingerprint density at radius 1 is 0.947 bits per heavy atom. The maximum atomic E-state index is 11.0. The van der Waals surface area contributed by atoms with Crippen LogP contribution in [0, 0.1) is 0 Å². The fourth-order valence-electron chi connectivity index (χ4n) is 2.06. The normalized spacial score (nSPS) is 13.4. The summed E-state index contributed by atoms with van der Waals surface area (Å²) >= 11 is -2.29. The highest BCUT2D eigenvalue weighted by Gasteiger charge is 2.19. The molecule has 0 saturated carbocycles. The maximum absolute atomic E-state index is 11.0. The highest BCUT2D eigenvalue weighted by Crippen LogP contribution is 2.37. The Morgan fingerprint density at radius 2 is 1.37 bits per heavy atom. The van der Waals surface area contributed by atoms with Gasteiger partial charge in [0.1, 0.15) is 5.75 Å². The molecular weight excluding hydrogens is 260 g/mol. The van der Waals surface area contributed by atoms with Gasteiger partial charge in [-0.3, -0.25) is 4.55 Å². The van der Waals surface area contributed by atoms with Gasteiger partial charge in [-0.05, 0) is 34.4 Å². The van der Waals surface area contributed by atoms with Gasteiger partial charge in [0.25, 0.3) is 0 Å². The molecule has 1 aromatic rings.